The molecule has 2 nitrogen and oxygen atoms in total. The topological polar surface area (TPSA) is 3.01 Å². The van der Waals surface area contributed by atoms with Gasteiger partial charge in [0.05, 0.1) is 12.6 Å². The van der Waals surface area contributed by atoms with Crippen LogP contribution >= 0.6 is 0 Å². The highest BCUT2D eigenvalue weighted by Crippen LogP contribution is 2.47. The van der Waals surface area contributed by atoms with Gasteiger partial charge >= 0.3 is 0 Å². The molecule has 2 heterocycles. The van der Waals surface area contributed by atoms with Gasteiger partial charge in [-0.1, -0.05) is 12.5 Å². The lowest BCUT2D eigenvalue weighted by atomic mass is 9.86. The van der Waals surface area contributed by atoms with Crippen LogP contribution in [0.3, 0.4) is 0 Å². The molecule has 4 rings (SSSR count). The molecule has 2 heteroatoms. The third kappa shape index (κ3) is 1.78. The van der Waals surface area contributed by atoms with Gasteiger partial charge < -0.3 is 0 Å². The Balaban J connectivity index is 1.94. The normalized spacial score (nSPS) is 29.7. The Morgan fingerprint density at radius 3 is 2.62 bits per heavy atom. The molecule has 1 fully saturated rings. The Bertz CT molecular complexity index is 658. The van der Waals surface area contributed by atoms with Gasteiger partial charge in [-0.15, -0.1) is 0 Å². The van der Waals surface area contributed by atoms with Crippen LogP contribution in [-0.4, -0.2) is 24.0 Å². The molecular formula is C19H26N2+2. The minimum atomic E-state index is 0.113. The molecule has 1 unspecified atom stereocenters. The van der Waals surface area contributed by atoms with Crippen LogP contribution in [0.1, 0.15) is 57.1 Å². The first-order chi connectivity index (χ1) is 10.0. The molecule has 1 atom stereocenters. The van der Waals surface area contributed by atoms with Crippen LogP contribution in [0.2, 0.25) is 0 Å². The zero-order valence-electron chi connectivity index (χ0n) is 13.5. The van der Waals surface area contributed by atoms with Crippen molar-refractivity contribution in [3.63, 3.8) is 0 Å². The molecule has 0 aromatic heterocycles. The van der Waals surface area contributed by atoms with E-state index < -0.39 is 0 Å². The summed E-state index contributed by atoms with van der Waals surface area (Å²) < 4.78 is 3.66. The van der Waals surface area contributed by atoms with Crippen molar-refractivity contribution in [1.29, 1.82) is 0 Å². The number of nitrogens with zero attached hydrogens (tertiary/aromatic N) is 2. The van der Waals surface area contributed by atoms with Gasteiger partial charge in [-0.25, -0.2) is 4.48 Å². The van der Waals surface area contributed by atoms with Crippen LogP contribution in [0.4, 0.5) is 5.69 Å². The highest BCUT2D eigenvalue weighted by Gasteiger charge is 2.52. The van der Waals surface area contributed by atoms with Crippen LogP contribution in [0.15, 0.2) is 24.4 Å². The molecule has 21 heavy (non-hydrogen) atoms. The Labute approximate surface area is 128 Å². The highest BCUT2D eigenvalue weighted by molar-refractivity contribution is 5.82. The van der Waals surface area contributed by atoms with Gasteiger partial charge in [-0.05, 0) is 25.0 Å². The average molecular weight is 282 g/mol. The maximum Gasteiger partial charge on any atom is 0.280 e. The fourth-order valence-corrected chi connectivity index (χ4v) is 4.54. The zero-order chi connectivity index (χ0) is 14.7. The highest BCUT2D eigenvalue weighted by atomic mass is 15.4. The van der Waals surface area contributed by atoms with Gasteiger partial charge in [-0.3, -0.25) is 0 Å². The second kappa shape index (κ2) is 4.30. The molecule has 1 aliphatic carbocycles. The van der Waals surface area contributed by atoms with E-state index in [4.69, 9.17) is 0 Å². The Kier molecular flexibility index (Phi) is 2.71. The minimum Gasteiger partial charge on any atom is -0.212 e. The lowest BCUT2D eigenvalue weighted by Gasteiger charge is -2.39. The number of hydrogen-bond acceptors (Lipinski definition) is 0. The van der Waals surface area contributed by atoms with Crippen LogP contribution < -0.4 is 4.48 Å². The lowest BCUT2D eigenvalue weighted by molar-refractivity contribution is -0.629. The molecule has 1 aromatic rings. The van der Waals surface area contributed by atoms with Crippen LogP contribution in [0.5, 0.6) is 0 Å². The Morgan fingerprint density at radius 1 is 1.10 bits per heavy atom. The third-order valence-corrected chi connectivity index (χ3v) is 5.74. The summed E-state index contributed by atoms with van der Waals surface area (Å²) in [5, 5.41) is 0. The van der Waals surface area contributed by atoms with Crippen molar-refractivity contribution < 1.29 is 4.58 Å². The van der Waals surface area contributed by atoms with E-state index in [1.807, 2.05) is 0 Å². The first-order valence-electron chi connectivity index (χ1n) is 8.33. The molecule has 0 amide bonds. The smallest absolute Gasteiger partial charge is 0.212 e. The van der Waals surface area contributed by atoms with Crippen LogP contribution in [0, 0.1) is 0 Å². The molecule has 1 saturated carbocycles. The van der Waals surface area contributed by atoms with Gasteiger partial charge in [0.15, 0.2) is 16.9 Å². The standard InChI is InChI=1S/C19H26N2/c1-19(2)17-11-7-8-15-12-13-21(3,18(15)17)14-20(19)16-9-5-4-6-10-16/h7-8,11-13H,4-6,9-10,14H2,1-3H3/q+2. The van der Waals surface area contributed by atoms with E-state index in [9.17, 15) is 0 Å². The summed E-state index contributed by atoms with van der Waals surface area (Å²) in [7, 11) is 2.36. The molecule has 3 aliphatic rings. The maximum atomic E-state index is 2.72. The average Bonchev–Trinajstić information content (AvgIpc) is 2.83. The molecule has 0 saturated heterocycles. The SMILES string of the molecule is CC1(C)c2cccc3c2[N+](C)(C=C3)C[N+]1=C1CCCCC1. The molecule has 1 aromatic carbocycles. The van der Waals surface area contributed by atoms with E-state index in [1.54, 1.807) is 5.71 Å². The number of quaternary nitrogens is 1. The van der Waals surface area contributed by atoms with E-state index in [0.717, 1.165) is 11.2 Å². The first kappa shape index (κ1) is 13.3. The first-order valence-corrected chi connectivity index (χ1v) is 8.33. The quantitative estimate of drug-likeness (QED) is 0.495. The number of hydrogen-bond donors (Lipinski definition) is 0. The van der Waals surface area contributed by atoms with Crippen molar-refractivity contribution in [3.05, 3.63) is 35.5 Å². The molecule has 0 N–H and O–H groups in total. The number of rotatable bonds is 0. The van der Waals surface area contributed by atoms with Gasteiger partial charge in [0.1, 0.15) is 6.20 Å². The molecule has 0 spiro atoms. The second-order valence-electron chi connectivity index (χ2n) is 7.58. The Hall–Kier alpha value is -1.41. The molecule has 2 aliphatic heterocycles. The molecule has 110 valence electrons. The summed E-state index contributed by atoms with van der Waals surface area (Å²) in [5.41, 5.74) is 6.24. The summed E-state index contributed by atoms with van der Waals surface area (Å²) in [6.45, 7) is 5.90. The number of benzene rings is 1. The van der Waals surface area contributed by atoms with Gasteiger partial charge in [0, 0.05) is 38.3 Å². The van der Waals surface area contributed by atoms with E-state index in [0.29, 0.717) is 0 Å². The van der Waals surface area contributed by atoms with Gasteiger partial charge in [-0.2, -0.15) is 4.58 Å². The van der Waals surface area contributed by atoms with Crippen molar-refractivity contribution in [2.75, 3.05) is 13.7 Å². The van der Waals surface area contributed by atoms with Crippen molar-refractivity contribution in [3.8, 4) is 0 Å². The van der Waals surface area contributed by atoms with Crippen molar-refractivity contribution >= 4 is 17.5 Å². The van der Waals surface area contributed by atoms with Gasteiger partial charge in [0.2, 0.25) is 0 Å². The summed E-state index contributed by atoms with van der Waals surface area (Å²) in [5.74, 6) is 0. The van der Waals surface area contributed by atoms with Gasteiger partial charge in [0.25, 0.3) is 6.67 Å². The van der Waals surface area contributed by atoms with Crippen LogP contribution in [-0.2, 0) is 5.54 Å². The molecular weight excluding hydrogens is 256 g/mol. The fourth-order valence-electron chi connectivity index (χ4n) is 4.54. The lowest BCUT2D eigenvalue weighted by Crippen LogP contribution is -2.56. The maximum absolute atomic E-state index is 2.72. The van der Waals surface area contributed by atoms with Crippen molar-refractivity contribution in [2.45, 2.75) is 51.5 Å². The summed E-state index contributed by atoms with van der Waals surface area (Å²) in [6.07, 6.45) is 11.4. The summed E-state index contributed by atoms with van der Waals surface area (Å²) in [6, 6.07) is 6.83. The van der Waals surface area contributed by atoms with E-state index in [-0.39, 0.29) is 5.54 Å². The molecule has 0 bridgehead atoms. The van der Waals surface area contributed by atoms with Crippen LogP contribution in [0.25, 0.3) is 6.08 Å². The Morgan fingerprint density at radius 2 is 1.86 bits per heavy atom. The predicted molar refractivity (Wildman–Crippen MR) is 89.4 cm³/mol. The largest absolute Gasteiger partial charge is 0.280 e. The minimum absolute atomic E-state index is 0.113. The summed E-state index contributed by atoms with van der Waals surface area (Å²) in [4.78, 5) is 0. The third-order valence-electron chi connectivity index (χ3n) is 5.74. The van der Waals surface area contributed by atoms with Crippen molar-refractivity contribution in [1.82, 2.24) is 4.48 Å². The fraction of sp³-hybridized carbons (Fsp3) is 0.526. The zero-order valence-corrected chi connectivity index (χ0v) is 13.5. The van der Waals surface area contributed by atoms with E-state index in [1.165, 1.54) is 48.9 Å². The van der Waals surface area contributed by atoms with Crippen molar-refractivity contribution in [2.24, 2.45) is 0 Å². The number of para-hydroxylation sites is 1. The van der Waals surface area contributed by atoms with E-state index >= 15 is 0 Å². The molecule has 0 radical (unpaired) electrons. The monoisotopic (exact) mass is 282 g/mol. The second-order valence-corrected chi connectivity index (χ2v) is 7.58. The van der Waals surface area contributed by atoms with E-state index in [2.05, 4.69) is 55.9 Å². The summed E-state index contributed by atoms with van der Waals surface area (Å²) >= 11 is 0. The predicted octanol–water partition coefficient (Wildman–Crippen LogP) is 4.23.